The molecule has 0 amide bonds. The molecule has 0 radical (unpaired) electrons. The summed E-state index contributed by atoms with van der Waals surface area (Å²) in [6, 6.07) is 8.19. The quantitative estimate of drug-likeness (QED) is 0.875. The number of quaternary nitrogens is 1. The number of rotatable bonds is 4. The molecule has 1 saturated heterocycles. The molecular weight excluding hydrogens is 294 g/mol. The van der Waals surface area contributed by atoms with Crippen LogP contribution in [0.3, 0.4) is 0 Å². The molecule has 0 spiro atoms. The van der Waals surface area contributed by atoms with Crippen LogP contribution in [-0.2, 0) is 5.41 Å². The number of piperidine rings is 1. The van der Waals surface area contributed by atoms with Crippen molar-refractivity contribution in [3.8, 4) is 0 Å². The lowest BCUT2D eigenvalue weighted by molar-refractivity contribution is -0.914. The summed E-state index contributed by atoms with van der Waals surface area (Å²) < 4.78 is 0. The normalized spacial score (nSPS) is 34.2. The Morgan fingerprint density at radius 1 is 1.14 bits per heavy atom. The second kappa shape index (κ2) is 5.81. The second-order valence-corrected chi connectivity index (χ2v) is 8.38. The van der Waals surface area contributed by atoms with E-state index in [4.69, 9.17) is 11.6 Å². The number of aliphatic hydroxyl groups is 1. The molecule has 120 valence electrons. The standard InChI is InChI=1S/C19H26ClNO/c20-17-6-4-16(5-7-17)19(8-1-9-19)18(22)13-21-11-14-2-3-15(10-14)12-21/h4-7,14-15,18,22H,1-3,8-13H2/p+1. The van der Waals surface area contributed by atoms with Crippen molar-refractivity contribution in [2.24, 2.45) is 11.8 Å². The van der Waals surface area contributed by atoms with Gasteiger partial charge in [0.1, 0.15) is 12.6 Å². The lowest BCUT2D eigenvalue weighted by Crippen LogP contribution is -3.15. The Bertz CT molecular complexity index is 513. The van der Waals surface area contributed by atoms with Crippen molar-refractivity contribution < 1.29 is 10.0 Å². The predicted octanol–water partition coefficient (Wildman–Crippen LogP) is 2.44. The van der Waals surface area contributed by atoms with Crippen molar-refractivity contribution in [1.82, 2.24) is 0 Å². The number of nitrogens with one attached hydrogen (secondary N) is 1. The molecule has 1 aromatic carbocycles. The van der Waals surface area contributed by atoms with E-state index in [1.54, 1.807) is 4.90 Å². The highest BCUT2D eigenvalue weighted by molar-refractivity contribution is 6.30. The molecule has 0 aromatic heterocycles. The molecule has 1 aromatic rings. The fraction of sp³-hybridized carbons (Fsp3) is 0.684. The highest BCUT2D eigenvalue weighted by Gasteiger charge is 2.47. The van der Waals surface area contributed by atoms with Crippen LogP contribution in [0.2, 0.25) is 5.02 Å². The van der Waals surface area contributed by atoms with E-state index < -0.39 is 0 Å². The SMILES string of the molecule is OC(C[NH+]1CC2CCC(C2)C1)C1(c2ccc(Cl)cc2)CCC1. The van der Waals surface area contributed by atoms with Gasteiger partial charge in [0.15, 0.2) is 0 Å². The van der Waals surface area contributed by atoms with Crippen LogP contribution in [0.5, 0.6) is 0 Å². The van der Waals surface area contributed by atoms with Crippen LogP contribution in [0, 0.1) is 11.8 Å². The van der Waals surface area contributed by atoms with Gasteiger partial charge in [-0.05, 0) is 49.8 Å². The van der Waals surface area contributed by atoms with Gasteiger partial charge in [-0.3, -0.25) is 0 Å². The fourth-order valence-corrected chi connectivity index (χ4v) is 5.36. The number of likely N-dealkylation sites (tertiary alicyclic amines) is 1. The van der Waals surface area contributed by atoms with Crippen LogP contribution in [0.25, 0.3) is 0 Å². The molecule has 1 heterocycles. The third-order valence-corrected chi connectivity index (χ3v) is 6.84. The Kier molecular flexibility index (Phi) is 3.96. The van der Waals surface area contributed by atoms with Crippen molar-refractivity contribution >= 4 is 11.6 Å². The van der Waals surface area contributed by atoms with E-state index in [1.807, 2.05) is 12.1 Å². The highest BCUT2D eigenvalue weighted by Crippen LogP contribution is 2.46. The molecule has 1 aliphatic heterocycles. The zero-order chi connectivity index (χ0) is 15.2. The summed E-state index contributed by atoms with van der Waals surface area (Å²) >= 11 is 6.03. The van der Waals surface area contributed by atoms with Crippen LogP contribution < -0.4 is 4.90 Å². The van der Waals surface area contributed by atoms with Crippen LogP contribution in [0.4, 0.5) is 0 Å². The van der Waals surface area contributed by atoms with E-state index in [-0.39, 0.29) is 11.5 Å². The van der Waals surface area contributed by atoms with E-state index in [9.17, 15) is 5.11 Å². The number of fused-ring (bicyclic) bond motifs is 2. The Morgan fingerprint density at radius 2 is 1.77 bits per heavy atom. The molecule has 2 nitrogen and oxygen atoms in total. The number of aliphatic hydroxyl groups excluding tert-OH is 1. The van der Waals surface area contributed by atoms with Crippen LogP contribution >= 0.6 is 11.6 Å². The average molecular weight is 321 g/mol. The smallest absolute Gasteiger partial charge is 0.112 e. The number of hydrogen-bond donors (Lipinski definition) is 2. The molecule has 3 fully saturated rings. The minimum atomic E-state index is -0.213. The lowest BCUT2D eigenvalue weighted by atomic mass is 9.61. The van der Waals surface area contributed by atoms with Gasteiger partial charge in [0.05, 0.1) is 13.1 Å². The molecule has 3 unspecified atom stereocenters. The maximum Gasteiger partial charge on any atom is 0.112 e. The topological polar surface area (TPSA) is 24.7 Å². The molecule has 2 saturated carbocycles. The van der Waals surface area contributed by atoms with Crippen LogP contribution in [-0.4, -0.2) is 30.8 Å². The van der Waals surface area contributed by atoms with Gasteiger partial charge in [-0.25, -0.2) is 0 Å². The summed E-state index contributed by atoms with van der Waals surface area (Å²) in [5, 5.41) is 11.8. The minimum absolute atomic E-state index is 0.00587. The molecule has 3 heteroatoms. The monoisotopic (exact) mass is 320 g/mol. The fourth-order valence-electron chi connectivity index (χ4n) is 5.24. The van der Waals surface area contributed by atoms with Gasteiger partial charge in [0.25, 0.3) is 0 Å². The Labute approximate surface area is 138 Å². The summed E-state index contributed by atoms with van der Waals surface area (Å²) in [7, 11) is 0. The van der Waals surface area contributed by atoms with Gasteiger partial charge in [0, 0.05) is 22.3 Å². The zero-order valence-electron chi connectivity index (χ0n) is 13.2. The van der Waals surface area contributed by atoms with Crippen LogP contribution in [0.1, 0.15) is 44.1 Å². The van der Waals surface area contributed by atoms with Crippen molar-refractivity contribution in [1.29, 1.82) is 0 Å². The Hall–Kier alpha value is -0.570. The molecule has 22 heavy (non-hydrogen) atoms. The second-order valence-electron chi connectivity index (χ2n) is 7.94. The summed E-state index contributed by atoms with van der Waals surface area (Å²) in [5.41, 5.74) is 1.28. The van der Waals surface area contributed by atoms with E-state index in [0.29, 0.717) is 0 Å². The van der Waals surface area contributed by atoms with Gasteiger partial charge in [-0.1, -0.05) is 30.2 Å². The summed E-state index contributed by atoms with van der Waals surface area (Å²) in [4.78, 5) is 1.64. The van der Waals surface area contributed by atoms with E-state index in [1.165, 1.54) is 44.3 Å². The van der Waals surface area contributed by atoms with Crippen molar-refractivity contribution in [2.75, 3.05) is 19.6 Å². The van der Waals surface area contributed by atoms with E-state index >= 15 is 0 Å². The molecule has 3 atom stereocenters. The van der Waals surface area contributed by atoms with Crippen molar-refractivity contribution in [3.63, 3.8) is 0 Å². The number of benzene rings is 1. The third kappa shape index (κ3) is 2.60. The van der Waals surface area contributed by atoms with Gasteiger partial charge in [0.2, 0.25) is 0 Å². The predicted molar refractivity (Wildman–Crippen MR) is 89.4 cm³/mol. The van der Waals surface area contributed by atoms with Gasteiger partial charge < -0.3 is 10.0 Å². The highest BCUT2D eigenvalue weighted by atomic mass is 35.5. The summed E-state index contributed by atoms with van der Waals surface area (Å²) in [6.45, 7) is 3.49. The zero-order valence-corrected chi connectivity index (χ0v) is 14.0. The third-order valence-electron chi connectivity index (χ3n) is 6.59. The number of hydrogen-bond acceptors (Lipinski definition) is 1. The number of halogens is 1. The van der Waals surface area contributed by atoms with Gasteiger partial charge >= 0.3 is 0 Å². The largest absolute Gasteiger partial charge is 0.386 e. The first kappa shape index (κ1) is 15.0. The van der Waals surface area contributed by atoms with Gasteiger partial charge in [-0.2, -0.15) is 0 Å². The molecular formula is C19H27ClNO+. The lowest BCUT2D eigenvalue weighted by Gasteiger charge is -2.47. The van der Waals surface area contributed by atoms with Gasteiger partial charge in [-0.15, -0.1) is 0 Å². The Morgan fingerprint density at radius 3 is 2.32 bits per heavy atom. The maximum atomic E-state index is 11.0. The average Bonchev–Trinajstić information content (AvgIpc) is 2.79. The summed E-state index contributed by atoms with van der Waals surface area (Å²) in [6.07, 6.45) is 7.56. The first-order valence-corrected chi connectivity index (χ1v) is 9.31. The molecule has 4 rings (SSSR count). The maximum absolute atomic E-state index is 11.0. The summed E-state index contributed by atoms with van der Waals surface area (Å²) in [5.74, 6) is 1.85. The molecule has 2 aliphatic carbocycles. The van der Waals surface area contributed by atoms with E-state index in [0.717, 1.165) is 36.2 Å². The minimum Gasteiger partial charge on any atom is -0.386 e. The van der Waals surface area contributed by atoms with E-state index in [2.05, 4.69) is 12.1 Å². The molecule has 2 bridgehead atoms. The van der Waals surface area contributed by atoms with Crippen molar-refractivity contribution in [3.05, 3.63) is 34.9 Å². The molecule has 2 N–H and O–H groups in total. The van der Waals surface area contributed by atoms with Crippen molar-refractivity contribution in [2.45, 2.75) is 50.0 Å². The Balaban J connectivity index is 1.48. The molecule has 3 aliphatic rings. The first-order chi connectivity index (χ1) is 10.7. The van der Waals surface area contributed by atoms with Crippen LogP contribution in [0.15, 0.2) is 24.3 Å². The first-order valence-electron chi connectivity index (χ1n) is 8.93.